The molecular weight excluding hydrogens is 227 g/mol. The van der Waals surface area contributed by atoms with E-state index in [0.29, 0.717) is 18.8 Å². The maximum Gasteiger partial charge on any atom is 0.248 e. The summed E-state index contributed by atoms with van der Waals surface area (Å²) in [5.41, 5.74) is 8.25. The van der Waals surface area contributed by atoms with Gasteiger partial charge >= 0.3 is 0 Å². The highest BCUT2D eigenvalue weighted by molar-refractivity contribution is 5.92. The predicted octanol–water partition coefficient (Wildman–Crippen LogP) is 0.592. The van der Waals surface area contributed by atoms with Crippen LogP contribution in [0, 0.1) is 5.82 Å². The number of hydroxylamine groups is 1. The molecule has 3 N–H and O–H groups in total. The lowest BCUT2D eigenvalue weighted by Crippen LogP contribution is -2.19. The first-order valence-corrected chi connectivity index (χ1v) is 5.07. The molecule has 17 heavy (non-hydrogen) atoms. The van der Waals surface area contributed by atoms with E-state index in [2.05, 4.69) is 5.48 Å². The van der Waals surface area contributed by atoms with E-state index in [1.165, 1.54) is 18.2 Å². The third-order valence-electron chi connectivity index (χ3n) is 2.08. The van der Waals surface area contributed by atoms with E-state index in [0.717, 1.165) is 0 Å². The molecule has 0 unspecified atom stereocenters. The Morgan fingerprint density at radius 1 is 1.47 bits per heavy atom. The van der Waals surface area contributed by atoms with Gasteiger partial charge in [-0.2, -0.15) is 5.48 Å². The van der Waals surface area contributed by atoms with Crippen molar-refractivity contribution < 1.29 is 18.8 Å². The van der Waals surface area contributed by atoms with Crippen molar-refractivity contribution >= 4 is 5.91 Å². The maximum absolute atomic E-state index is 13.3. The molecule has 0 fully saturated rings. The zero-order chi connectivity index (χ0) is 12.7. The lowest BCUT2D eigenvalue weighted by atomic mass is 10.1. The van der Waals surface area contributed by atoms with Crippen LogP contribution in [0.1, 0.15) is 15.9 Å². The maximum atomic E-state index is 13.3. The molecule has 0 aliphatic heterocycles. The van der Waals surface area contributed by atoms with Crippen LogP contribution in [-0.4, -0.2) is 26.2 Å². The van der Waals surface area contributed by atoms with Gasteiger partial charge in [-0.05, 0) is 18.2 Å². The van der Waals surface area contributed by atoms with Crippen molar-refractivity contribution in [3.8, 4) is 0 Å². The van der Waals surface area contributed by atoms with Crippen LogP contribution < -0.4 is 11.2 Å². The number of hydrogen-bond donors (Lipinski definition) is 2. The van der Waals surface area contributed by atoms with Gasteiger partial charge in [-0.25, -0.2) is 4.39 Å². The fourth-order valence-electron chi connectivity index (χ4n) is 1.19. The molecule has 0 aliphatic carbocycles. The van der Waals surface area contributed by atoms with E-state index in [1.807, 2.05) is 0 Å². The first kappa shape index (κ1) is 13.6. The Morgan fingerprint density at radius 2 is 2.24 bits per heavy atom. The number of methoxy groups -OCH3 is 1. The number of hydrogen-bond acceptors (Lipinski definition) is 4. The lowest BCUT2D eigenvalue weighted by molar-refractivity contribution is 0.00307. The summed E-state index contributed by atoms with van der Waals surface area (Å²) in [5.74, 6) is -1.01. The second kappa shape index (κ2) is 6.95. The average molecular weight is 242 g/mol. The van der Waals surface area contributed by atoms with E-state index in [-0.39, 0.29) is 12.1 Å². The first-order chi connectivity index (χ1) is 8.15. The topological polar surface area (TPSA) is 73.6 Å². The summed E-state index contributed by atoms with van der Waals surface area (Å²) in [7, 11) is 1.55. The minimum absolute atomic E-state index is 0.149. The number of carbonyl (C=O) groups is 1. The van der Waals surface area contributed by atoms with Gasteiger partial charge < -0.3 is 10.5 Å². The van der Waals surface area contributed by atoms with Gasteiger partial charge in [0.15, 0.2) is 0 Å². The summed E-state index contributed by atoms with van der Waals surface area (Å²) in [6, 6.07) is 3.93. The van der Waals surface area contributed by atoms with Crippen LogP contribution in [0.2, 0.25) is 0 Å². The van der Waals surface area contributed by atoms with Crippen molar-refractivity contribution in [2.75, 3.05) is 20.3 Å². The van der Waals surface area contributed by atoms with Gasteiger partial charge in [-0.15, -0.1) is 0 Å². The van der Waals surface area contributed by atoms with Crippen molar-refractivity contribution in [1.82, 2.24) is 5.48 Å². The molecule has 1 amide bonds. The Bertz CT molecular complexity index is 385. The smallest absolute Gasteiger partial charge is 0.248 e. The van der Waals surface area contributed by atoms with Gasteiger partial charge in [0.1, 0.15) is 5.82 Å². The van der Waals surface area contributed by atoms with Gasteiger partial charge in [0.05, 0.1) is 13.2 Å². The van der Waals surface area contributed by atoms with E-state index in [1.54, 1.807) is 7.11 Å². The highest BCUT2D eigenvalue weighted by atomic mass is 19.1. The van der Waals surface area contributed by atoms with Crippen LogP contribution in [0.25, 0.3) is 0 Å². The molecule has 5 nitrogen and oxygen atoms in total. The fourth-order valence-corrected chi connectivity index (χ4v) is 1.19. The number of halogens is 1. The molecule has 0 heterocycles. The molecule has 1 aromatic carbocycles. The molecule has 0 aliphatic rings. The Labute approximate surface area is 98.7 Å². The SMILES string of the molecule is COCCONCc1cc(C(N)=O)ccc1F. The Kier molecular flexibility index (Phi) is 5.55. The summed E-state index contributed by atoms with van der Waals surface area (Å²) in [6.07, 6.45) is 0. The van der Waals surface area contributed by atoms with Crippen LogP contribution in [-0.2, 0) is 16.1 Å². The monoisotopic (exact) mass is 242 g/mol. The molecule has 0 atom stereocenters. The number of benzene rings is 1. The minimum atomic E-state index is -0.591. The molecule has 0 saturated carbocycles. The lowest BCUT2D eigenvalue weighted by Gasteiger charge is -2.07. The molecule has 1 rings (SSSR count). The molecule has 0 spiro atoms. The van der Waals surface area contributed by atoms with E-state index >= 15 is 0 Å². The van der Waals surface area contributed by atoms with Gasteiger partial charge in [-0.1, -0.05) is 0 Å². The van der Waals surface area contributed by atoms with Crippen LogP contribution >= 0.6 is 0 Å². The Hall–Kier alpha value is -1.50. The Morgan fingerprint density at radius 3 is 2.88 bits per heavy atom. The minimum Gasteiger partial charge on any atom is -0.382 e. The van der Waals surface area contributed by atoms with E-state index < -0.39 is 11.7 Å². The molecule has 0 radical (unpaired) electrons. The van der Waals surface area contributed by atoms with Crippen LogP contribution in [0.5, 0.6) is 0 Å². The highest BCUT2D eigenvalue weighted by Crippen LogP contribution is 2.10. The van der Waals surface area contributed by atoms with Crippen molar-refractivity contribution in [3.05, 3.63) is 35.1 Å². The summed E-state index contributed by atoms with van der Waals surface area (Å²) < 4.78 is 18.1. The third-order valence-corrected chi connectivity index (χ3v) is 2.08. The van der Waals surface area contributed by atoms with Crippen molar-refractivity contribution in [3.63, 3.8) is 0 Å². The summed E-state index contributed by atoms with van der Waals surface area (Å²) >= 11 is 0. The molecular formula is C11H15FN2O3. The normalized spacial score (nSPS) is 10.5. The molecule has 94 valence electrons. The number of nitrogens with one attached hydrogen (secondary N) is 1. The van der Waals surface area contributed by atoms with Gasteiger partial charge in [0.2, 0.25) is 5.91 Å². The number of ether oxygens (including phenoxy) is 1. The quantitative estimate of drug-likeness (QED) is 0.542. The van der Waals surface area contributed by atoms with Crippen molar-refractivity contribution in [2.24, 2.45) is 5.73 Å². The van der Waals surface area contributed by atoms with Crippen LogP contribution in [0.15, 0.2) is 18.2 Å². The number of amides is 1. The molecule has 0 aromatic heterocycles. The predicted molar refractivity (Wildman–Crippen MR) is 59.6 cm³/mol. The first-order valence-electron chi connectivity index (χ1n) is 5.07. The average Bonchev–Trinajstić information content (AvgIpc) is 2.30. The summed E-state index contributed by atoms with van der Waals surface area (Å²) in [4.78, 5) is 15.9. The van der Waals surface area contributed by atoms with Gasteiger partial charge in [-0.3, -0.25) is 9.63 Å². The number of primary amides is 1. The third kappa shape index (κ3) is 4.48. The standard InChI is InChI=1S/C11H15FN2O3/c1-16-4-5-17-14-7-9-6-8(11(13)15)2-3-10(9)12/h2-3,6,14H,4-5,7H2,1H3,(H2,13,15). The van der Waals surface area contributed by atoms with E-state index in [4.69, 9.17) is 15.3 Å². The second-order valence-corrected chi connectivity index (χ2v) is 3.33. The second-order valence-electron chi connectivity index (χ2n) is 3.33. The Balaban J connectivity index is 2.51. The highest BCUT2D eigenvalue weighted by Gasteiger charge is 2.06. The summed E-state index contributed by atoms with van der Waals surface area (Å²) in [5, 5.41) is 0. The van der Waals surface area contributed by atoms with Crippen molar-refractivity contribution in [1.29, 1.82) is 0 Å². The zero-order valence-electron chi connectivity index (χ0n) is 9.53. The number of carbonyl (C=O) groups excluding carboxylic acids is 1. The van der Waals surface area contributed by atoms with Gasteiger partial charge in [0.25, 0.3) is 0 Å². The molecule has 0 bridgehead atoms. The molecule has 6 heteroatoms. The van der Waals surface area contributed by atoms with Gasteiger partial charge in [0, 0.05) is 24.8 Å². The number of rotatable bonds is 7. The fraction of sp³-hybridized carbons (Fsp3) is 0.364. The molecule has 0 saturated heterocycles. The van der Waals surface area contributed by atoms with Crippen molar-refractivity contribution in [2.45, 2.75) is 6.54 Å². The molecule has 1 aromatic rings. The number of nitrogens with two attached hydrogens (primary N) is 1. The van der Waals surface area contributed by atoms with Crippen LogP contribution in [0.3, 0.4) is 0 Å². The van der Waals surface area contributed by atoms with Crippen LogP contribution in [0.4, 0.5) is 4.39 Å². The zero-order valence-corrected chi connectivity index (χ0v) is 9.53. The van der Waals surface area contributed by atoms with E-state index in [9.17, 15) is 9.18 Å². The summed E-state index contributed by atoms with van der Waals surface area (Å²) in [6.45, 7) is 0.946. The largest absolute Gasteiger partial charge is 0.382 e.